The van der Waals surface area contributed by atoms with Crippen molar-refractivity contribution < 1.29 is 14.3 Å². The zero-order chi connectivity index (χ0) is 21.8. The maximum atomic E-state index is 12.7. The maximum Gasteiger partial charge on any atom is 0.310 e. The fraction of sp³-hybridized carbons (Fsp3) is 0.304. The van der Waals surface area contributed by atoms with Crippen LogP contribution in [0.1, 0.15) is 30.1 Å². The van der Waals surface area contributed by atoms with E-state index < -0.39 is 18.0 Å². The van der Waals surface area contributed by atoms with Crippen molar-refractivity contribution in [3.8, 4) is 0 Å². The minimum Gasteiger partial charge on any atom is -0.447 e. The smallest absolute Gasteiger partial charge is 0.310 e. The molecule has 1 amide bonds. The fourth-order valence-corrected chi connectivity index (χ4v) is 3.92. The van der Waals surface area contributed by atoms with Gasteiger partial charge in [-0.05, 0) is 43.6 Å². The highest BCUT2D eigenvalue weighted by Crippen LogP contribution is 2.25. The van der Waals surface area contributed by atoms with Crippen LogP contribution < -0.4 is 11.3 Å². The minimum absolute atomic E-state index is 0.282. The zero-order valence-corrected chi connectivity index (χ0v) is 17.0. The van der Waals surface area contributed by atoms with Crippen molar-refractivity contribution in [1.82, 2.24) is 14.9 Å². The van der Waals surface area contributed by atoms with E-state index in [0.717, 1.165) is 19.6 Å². The Balaban J connectivity index is 1.40. The van der Waals surface area contributed by atoms with E-state index in [4.69, 9.17) is 10.5 Å². The fourth-order valence-electron chi connectivity index (χ4n) is 3.92. The molecular weight excluding hydrogens is 396 g/mol. The van der Waals surface area contributed by atoms with Crippen molar-refractivity contribution >= 4 is 22.8 Å². The van der Waals surface area contributed by atoms with Gasteiger partial charge in [-0.15, -0.1) is 0 Å². The predicted molar refractivity (Wildman–Crippen MR) is 115 cm³/mol. The van der Waals surface area contributed by atoms with Gasteiger partial charge >= 0.3 is 5.97 Å². The third kappa shape index (κ3) is 4.80. The molecule has 1 aromatic heterocycles. The number of carbonyl (C=O) groups is 2. The maximum absolute atomic E-state index is 12.7. The summed E-state index contributed by atoms with van der Waals surface area (Å²) in [7, 11) is 0. The summed E-state index contributed by atoms with van der Waals surface area (Å²) in [6.45, 7) is 2.40. The van der Waals surface area contributed by atoms with Gasteiger partial charge in [-0.25, -0.2) is 4.98 Å². The first-order chi connectivity index (χ1) is 15.0. The van der Waals surface area contributed by atoms with Gasteiger partial charge in [0.05, 0.1) is 23.1 Å². The average molecular weight is 420 g/mol. The number of benzene rings is 2. The third-order valence-electron chi connectivity index (χ3n) is 5.63. The van der Waals surface area contributed by atoms with Crippen LogP contribution in [0.25, 0.3) is 10.9 Å². The quantitative estimate of drug-likeness (QED) is 0.588. The molecule has 3 N–H and O–H groups in total. The molecule has 4 rings (SSSR count). The molecule has 1 aliphatic heterocycles. The first kappa shape index (κ1) is 20.7. The topological polar surface area (TPSA) is 118 Å². The Morgan fingerprint density at radius 2 is 1.90 bits per heavy atom. The molecule has 2 aromatic carbocycles. The number of nitrogens with one attached hydrogen (secondary N) is 1. The number of ether oxygens (including phenoxy) is 1. The number of rotatable bonds is 6. The molecular formula is C23H24N4O4. The van der Waals surface area contributed by atoms with Crippen LogP contribution in [-0.4, -0.2) is 39.8 Å². The van der Waals surface area contributed by atoms with Crippen molar-refractivity contribution in [3.63, 3.8) is 0 Å². The number of esters is 1. The first-order valence-electron chi connectivity index (χ1n) is 10.2. The standard InChI is InChI=1S/C23H24N4O4/c24-21(28)20(17-6-7-18-19(12-17)25-14-26-22(18)29)31-23(30)16-8-10-27(11-9-16)13-15-4-2-1-3-5-15/h1-7,12,14,16,20H,8-11,13H2,(H2,24,28)(H,25,26,29). The Bertz CT molecular complexity index is 1140. The van der Waals surface area contributed by atoms with Gasteiger partial charge in [0.2, 0.25) is 6.10 Å². The number of hydrogen-bond donors (Lipinski definition) is 2. The SMILES string of the molecule is NC(=O)C(OC(=O)C1CCN(Cc2ccccc2)CC1)c1ccc2c(=O)[nH]cnc2c1. The third-order valence-corrected chi connectivity index (χ3v) is 5.63. The molecule has 160 valence electrons. The van der Waals surface area contributed by atoms with Crippen LogP contribution in [0.5, 0.6) is 0 Å². The van der Waals surface area contributed by atoms with Gasteiger partial charge in [0.15, 0.2) is 0 Å². The van der Waals surface area contributed by atoms with Crippen molar-refractivity contribution in [2.75, 3.05) is 13.1 Å². The number of H-pyrrole nitrogens is 1. The van der Waals surface area contributed by atoms with E-state index >= 15 is 0 Å². The molecule has 0 bridgehead atoms. The summed E-state index contributed by atoms with van der Waals surface area (Å²) in [6, 6.07) is 14.9. The van der Waals surface area contributed by atoms with Gasteiger partial charge in [-0.1, -0.05) is 36.4 Å². The van der Waals surface area contributed by atoms with E-state index in [2.05, 4.69) is 27.0 Å². The highest BCUT2D eigenvalue weighted by atomic mass is 16.5. The van der Waals surface area contributed by atoms with Crippen LogP contribution in [0.2, 0.25) is 0 Å². The normalized spacial score (nSPS) is 16.1. The summed E-state index contributed by atoms with van der Waals surface area (Å²) in [5.41, 5.74) is 7.26. The lowest BCUT2D eigenvalue weighted by Gasteiger charge is -2.31. The molecule has 0 aliphatic carbocycles. The zero-order valence-electron chi connectivity index (χ0n) is 17.0. The Morgan fingerprint density at radius 3 is 2.61 bits per heavy atom. The van der Waals surface area contributed by atoms with Crippen molar-refractivity contribution in [3.05, 3.63) is 76.3 Å². The number of carbonyl (C=O) groups excluding carboxylic acids is 2. The second kappa shape index (κ2) is 9.09. The monoisotopic (exact) mass is 420 g/mol. The van der Waals surface area contributed by atoms with Gasteiger partial charge < -0.3 is 15.5 Å². The highest BCUT2D eigenvalue weighted by Gasteiger charge is 2.30. The molecule has 8 heteroatoms. The van der Waals surface area contributed by atoms with Crippen LogP contribution in [0.4, 0.5) is 0 Å². The van der Waals surface area contributed by atoms with Crippen molar-refractivity contribution in [2.45, 2.75) is 25.5 Å². The second-order valence-corrected chi connectivity index (χ2v) is 7.76. The Hall–Kier alpha value is -3.52. The van der Waals surface area contributed by atoms with E-state index in [-0.39, 0.29) is 11.5 Å². The van der Waals surface area contributed by atoms with E-state index in [9.17, 15) is 14.4 Å². The van der Waals surface area contributed by atoms with E-state index in [1.807, 2.05) is 18.2 Å². The first-order valence-corrected chi connectivity index (χ1v) is 10.2. The lowest BCUT2D eigenvalue weighted by Crippen LogP contribution is -2.37. The highest BCUT2D eigenvalue weighted by molar-refractivity contribution is 5.86. The Labute approximate surface area is 179 Å². The van der Waals surface area contributed by atoms with Gasteiger partial charge in [0.1, 0.15) is 0 Å². The van der Waals surface area contributed by atoms with E-state index in [1.54, 1.807) is 18.2 Å². The Morgan fingerprint density at radius 1 is 1.16 bits per heavy atom. The summed E-state index contributed by atoms with van der Waals surface area (Å²) >= 11 is 0. The van der Waals surface area contributed by atoms with Gasteiger partial charge in [0, 0.05) is 12.1 Å². The van der Waals surface area contributed by atoms with Crippen molar-refractivity contribution in [2.24, 2.45) is 11.7 Å². The van der Waals surface area contributed by atoms with Gasteiger partial charge in [0.25, 0.3) is 11.5 Å². The largest absolute Gasteiger partial charge is 0.447 e. The lowest BCUT2D eigenvalue weighted by atomic mass is 9.96. The molecule has 0 saturated carbocycles. The number of aromatic nitrogens is 2. The summed E-state index contributed by atoms with van der Waals surface area (Å²) in [5, 5.41) is 0.381. The minimum atomic E-state index is -1.22. The van der Waals surface area contributed by atoms with Gasteiger partial charge in [-0.2, -0.15) is 0 Å². The molecule has 0 radical (unpaired) electrons. The van der Waals surface area contributed by atoms with Crippen LogP contribution in [0.3, 0.4) is 0 Å². The van der Waals surface area contributed by atoms with Crippen LogP contribution in [0, 0.1) is 5.92 Å². The molecule has 1 atom stereocenters. The molecule has 31 heavy (non-hydrogen) atoms. The summed E-state index contributed by atoms with van der Waals surface area (Å²) in [4.78, 5) is 45.5. The molecule has 1 unspecified atom stereocenters. The lowest BCUT2D eigenvalue weighted by molar-refractivity contribution is -0.161. The summed E-state index contributed by atoms with van der Waals surface area (Å²) in [5.74, 6) is -1.48. The van der Waals surface area contributed by atoms with Crippen LogP contribution in [-0.2, 0) is 20.9 Å². The number of likely N-dealkylation sites (tertiary alicyclic amines) is 1. The number of hydrogen-bond acceptors (Lipinski definition) is 6. The number of amides is 1. The molecule has 3 aromatic rings. The number of piperidine rings is 1. The predicted octanol–water partition coefficient (Wildman–Crippen LogP) is 1.90. The number of nitrogens with two attached hydrogens (primary N) is 1. The van der Waals surface area contributed by atoms with Crippen LogP contribution in [0.15, 0.2) is 59.7 Å². The molecule has 1 aliphatic rings. The average Bonchev–Trinajstić information content (AvgIpc) is 2.78. The number of aromatic amines is 1. The van der Waals surface area contributed by atoms with Gasteiger partial charge in [-0.3, -0.25) is 19.3 Å². The molecule has 1 fully saturated rings. The van der Waals surface area contributed by atoms with E-state index in [0.29, 0.717) is 29.3 Å². The van der Waals surface area contributed by atoms with E-state index in [1.165, 1.54) is 11.9 Å². The number of fused-ring (bicyclic) bond motifs is 1. The molecule has 8 nitrogen and oxygen atoms in total. The molecule has 0 spiro atoms. The number of primary amides is 1. The molecule has 1 saturated heterocycles. The number of nitrogens with zero attached hydrogens (tertiary/aromatic N) is 2. The second-order valence-electron chi connectivity index (χ2n) is 7.76. The Kier molecular flexibility index (Phi) is 6.08. The summed E-state index contributed by atoms with van der Waals surface area (Å²) < 4.78 is 5.52. The summed E-state index contributed by atoms with van der Waals surface area (Å²) in [6.07, 6.45) is 1.38. The van der Waals surface area contributed by atoms with Crippen molar-refractivity contribution in [1.29, 1.82) is 0 Å². The van der Waals surface area contributed by atoms with Crippen LogP contribution >= 0.6 is 0 Å². The molecule has 2 heterocycles.